The maximum absolute atomic E-state index is 12.8. The minimum atomic E-state index is -1.06. The zero-order valence-electron chi connectivity index (χ0n) is 21.3. The van der Waals surface area contributed by atoms with E-state index >= 15 is 0 Å². The monoisotopic (exact) mass is 492 g/mol. The Labute approximate surface area is 203 Å². The molecule has 2 aliphatic heterocycles. The van der Waals surface area contributed by atoms with Crippen LogP contribution < -0.4 is 4.90 Å². The molecule has 2 aliphatic rings. The highest BCUT2D eigenvalue weighted by Crippen LogP contribution is 2.41. The van der Waals surface area contributed by atoms with Crippen molar-refractivity contribution < 1.29 is 14.3 Å². The molecule has 4 rings (SSSR count). The summed E-state index contributed by atoms with van der Waals surface area (Å²) >= 11 is 1.79. The molecule has 4 heterocycles. The first kappa shape index (κ1) is 24.5. The van der Waals surface area contributed by atoms with Crippen LogP contribution in [-0.2, 0) is 16.2 Å². The van der Waals surface area contributed by atoms with E-state index in [4.69, 9.17) is 14.6 Å². The summed E-state index contributed by atoms with van der Waals surface area (Å²) < 4.78 is 14.6. The first-order valence-corrected chi connectivity index (χ1v) is 16.7. The van der Waals surface area contributed by atoms with Gasteiger partial charge in [-0.05, 0) is 52.5 Å². The molecule has 184 valence electrons. The summed E-state index contributed by atoms with van der Waals surface area (Å²) in [6, 6.07) is 4.35. The van der Waals surface area contributed by atoms with E-state index in [1.54, 1.807) is 11.3 Å². The quantitative estimate of drug-likeness (QED) is 0.362. The van der Waals surface area contributed by atoms with E-state index in [2.05, 4.69) is 43.9 Å². The maximum atomic E-state index is 12.8. The van der Waals surface area contributed by atoms with Crippen LogP contribution in [0.3, 0.4) is 0 Å². The van der Waals surface area contributed by atoms with E-state index in [1.165, 1.54) is 15.7 Å². The Kier molecular flexibility index (Phi) is 6.86. The smallest absolute Gasteiger partial charge is 0.410 e. The number of piperidine rings is 1. The highest BCUT2D eigenvalue weighted by Gasteiger charge is 2.45. The largest absolute Gasteiger partial charge is 0.444 e. The number of anilines is 1. The Balaban J connectivity index is 1.35. The van der Waals surface area contributed by atoms with E-state index in [0.29, 0.717) is 12.8 Å². The number of thiophene rings is 1. The van der Waals surface area contributed by atoms with Gasteiger partial charge in [-0.1, -0.05) is 19.6 Å². The summed E-state index contributed by atoms with van der Waals surface area (Å²) in [5.41, 5.74) is 0.583. The summed E-state index contributed by atoms with van der Waals surface area (Å²) in [7, 11) is 1.12. The Morgan fingerprint density at radius 3 is 2.48 bits per heavy atom. The van der Waals surface area contributed by atoms with Crippen molar-refractivity contribution in [3.63, 3.8) is 0 Å². The van der Waals surface area contributed by atoms with Crippen molar-refractivity contribution in [2.75, 3.05) is 18.6 Å². The lowest BCUT2D eigenvalue weighted by Gasteiger charge is -2.42. The maximum Gasteiger partial charge on any atom is 0.410 e. The van der Waals surface area contributed by atoms with Crippen molar-refractivity contribution in [2.24, 2.45) is 0 Å². The van der Waals surface area contributed by atoms with Crippen molar-refractivity contribution in [2.45, 2.75) is 103 Å². The van der Waals surface area contributed by atoms with Crippen LogP contribution in [-0.4, -0.2) is 66.2 Å². The molecule has 33 heavy (non-hydrogen) atoms. The van der Waals surface area contributed by atoms with Crippen LogP contribution in [0.5, 0.6) is 0 Å². The summed E-state index contributed by atoms with van der Waals surface area (Å²) in [5.74, 6) is 0. The molecular formula is C24H40N4O3SSi. The Morgan fingerprint density at radius 1 is 1.24 bits per heavy atom. The number of carbonyl (C=O) groups excluding carboxylic acids is 1. The number of aromatic nitrogens is 2. The van der Waals surface area contributed by atoms with Gasteiger partial charge in [-0.2, -0.15) is 5.10 Å². The molecule has 0 N–H and O–H groups in total. The number of ether oxygens (including phenoxy) is 2. The normalized spacial score (nSPS) is 23.4. The van der Waals surface area contributed by atoms with Crippen LogP contribution >= 0.6 is 11.3 Å². The van der Waals surface area contributed by atoms with Gasteiger partial charge in [0.25, 0.3) is 0 Å². The molecule has 0 aliphatic carbocycles. The van der Waals surface area contributed by atoms with Crippen molar-refractivity contribution in [3.05, 3.63) is 12.3 Å². The van der Waals surface area contributed by atoms with Crippen LogP contribution in [0.25, 0.3) is 10.2 Å². The predicted octanol–water partition coefficient (Wildman–Crippen LogP) is 5.78. The molecule has 7 nitrogen and oxygen atoms in total. The predicted molar refractivity (Wildman–Crippen MR) is 138 cm³/mol. The molecular weight excluding hydrogens is 452 g/mol. The second-order valence-electron chi connectivity index (χ2n) is 11.9. The molecule has 1 amide bonds. The highest BCUT2D eigenvalue weighted by atomic mass is 32.1. The molecule has 2 saturated heterocycles. The second-order valence-corrected chi connectivity index (χ2v) is 18.5. The third kappa shape index (κ3) is 5.92. The van der Waals surface area contributed by atoms with Gasteiger partial charge < -0.3 is 19.3 Å². The van der Waals surface area contributed by atoms with Gasteiger partial charge >= 0.3 is 6.09 Å². The van der Waals surface area contributed by atoms with Crippen molar-refractivity contribution in [1.82, 2.24) is 14.7 Å². The summed E-state index contributed by atoms with van der Waals surface area (Å²) in [6.45, 7) is 14.2. The lowest BCUT2D eigenvalue weighted by Crippen LogP contribution is -2.53. The van der Waals surface area contributed by atoms with Gasteiger partial charge in [0.05, 0.1) is 9.70 Å². The summed E-state index contributed by atoms with van der Waals surface area (Å²) in [5, 5.41) is 5.97. The number of amides is 1. The average molecular weight is 493 g/mol. The standard InChI is InChI=1S/C24H40N4O3SSi/c1-24(2,3)31-23(29)28-17-8-9-18(28)13-19(12-17)26(4)22-14-20-21(32-22)15-27(25-20)16-30-10-11-33(5,6)7/h14-15,17-19H,8-13,16H2,1-7H3. The van der Waals surface area contributed by atoms with Crippen LogP contribution in [0.15, 0.2) is 12.3 Å². The molecule has 0 aromatic carbocycles. The minimum absolute atomic E-state index is 0.147. The van der Waals surface area contributed by atoms with Crippen molar-refractivity contribution in [3.8, 4) is 0 Å². The molecule has 2 aromatic heterocycles. The lowest BCUT2D eigenvalue weighted by atomic mass is 9.96. The highest BCUT2D eigenvalue weighted by molar-refractivity contribution is 7.22. The molecule has 9 heteroatoms. The van der Waals surface area contributed by atoms with E-state index in [-0.39, 0.29) is 18.2 Å². The Morgan fingerprint density at radius 2 is 1.91 bits per heavy atom. The first-order valence-electron chi connectivity index (χ1n) is 12.2. The van der Waals surface area contributed by atoms with Gasteiger partial charge in [-0.3, -0.25) is 0 Å². The Hall–Kier alpha value is -1.58. The van der Waals surface area contributed by atoms with E-state index in [0.717, 1.165) is 37.8 Å². The molecule has 2 fully saturated rings. The van der Waals surface area contributed by atoms with E-state index in [9.17, 15) is 4.79 Å². The number of carbonyl (C=O) groups is 1. The zero-order chi connectivity index (χ0) is 24.0. The van der Waals surface area contributed by atoms with Crippen LogP contribution in [0.2, 0.25) is 25.7 Å². The molecule has 2 unspecified atom stereocenters. The van der Waals surface area contributed by atoms with Crippen molar-refractivity contribution >= 4 is 40.7 Å². The molecule has 2 aromatic rings. The third-order valence-electron chi connectivity index (χ3n) is 6.66. The fourth-order valence-corrected chi connectivity index (χ4v) is 6.71. The van der Waals surface area contributed by atoms with E-state index < -0.39 is 13.7 Å². The zero-order valence-corrected chi connectivity index (χ0v) is 23.1. The van der Waals surface area contributed by atoms with Gasteiger partial charge in [0, 0.05) is 52.1 Å². The first-order chi connectivity index (χ1) is 15.4. The minimum Gasteiger partial charge on any atom is -0.444 e. The average Bonchev–Trinajstić information content (AvgIpc) is 3.32. The van der Waals surface area contributed by atoms with Gasteiger partial charge in [-0.15, -0.1) is 11.3 Å². The molecule has 0 radical (unpaired) electrons. The number of hydrogen-bond donors (Lipinski definition) is 0. The van der Waals surface area contributed by atoms with Gasteiger partial charge in [0.15, 0.2) is 0 Å². The van der Waals surface area contributed by atoms with Crippen molar-refractivity contribution in [1.29, 1.82) is 0 Å². The number of nitrogens with zero attached hydrogens (tertiary/aromatic N) is 4. The SMILES string of the molecule is CN(c1cc2nn(COCC[Si](C)(C)C)cc2s1)C1CC2CCC(C1)N2C(=O)OC(C)(C)C. The molecule has 2 atom stereocenters. The van der Waals surface area contributed by atoms with Gasteiger partial charge in [-0.25, -0.2) is 9.48 Å². The summed E-state index contributed by atoms with van der Waals surface area (Å²) in [6.07, 6.45) is 6.09. The fourth-order valence-electron chi connectivity index (χ4n) is 4.89. The van der Waals surface area contributed by atoms with Gasteiger partial charge in [0.1, 0.15) is 17.8 Å². The molecule has 2 bridgehead atoms. The van der Waals surface area contributed by atoms with Gasteiger partial charge in [0.2, 0.25) is 0 Å². The summed E-state index contributed by atoms with van der Waals surface area (Å²) in [4.78, 5) is 17.2. The number of rotatable bonds is 7. The fraction of sp³-hybridized carbons (Fsp3) is 0.750. The topological polar surface area (TPSA) is 59.8 Å². The number of fused-ring (bicyclic) bond motifs is 3. The third-order valence-corrected chi connectivity index (χ3v) is 9.51. The van der Waals surface area contributed by atoms with Crippen LogP contribution in [0, 0.1) is 0 Å². The second kappa shape index (κ2) is 9.22. The van der Waals surface area contributed by atoms with Crippen LogP contribution in [0.1, 0.15) is 46.5 Å². The lowest BCUT2D eigenvalue weighted by molar-refractivity contribution is 0.00600. The molecule has 0 saturated carbocycles. The molecule has 0 spiro atoms. The van der Waals surface area contributed by atoms with Crippen LogP contribution in [0.4, 0.5) is 9.80 Å². The Bertz CT molecular complexity index is 931. The van der Waals surface area contributed by atoms with E-state index in [1.807, 2.05) is 30.4 Å². The number of hydrogen-bond acceptors (Lipinski definition) is 6.